The lowest BCUT2D eigenvalue weighted by atomic mass is 9.97. The van der Waals surface area contributed by atoms with Crippen molar-refractivity contribution in [1.82, 2.24) is 14.5 Å². The zero-order valence-corrected chi connectivity index (χ0v) is 21.2. The minimum absolute atomic E-state index is 0.700. The Kier molecular flexibility index (Phi) is 4.69. The van der Waals surface area contributed by atoms with Crippen LogP contribution in [0.3, 0.4) is 0 Å². The molecule has 3 aromatic heterocycles. The number of fused-ring (bicyclic) bond motifs is 5. The number of benzene rings is 5. The SMILES string of the molecule is c1ccc2c(-c3ccc(-c4nc(-n5c6ccccc6c6ccccc65)nc5sccc45)cc3)cccc2c1. The Hall–Kier alpha value is -4.80. The van der Waals surface area contributed by atoms with E-state index in [0.717, 1.165) is 32.5 Å². The molecule has 0 atom stereocenters. The van der Waals surface area contributed by atoms with Crippen molar-refractivity contribution >= 4 is 54.1 Å². The van der Waals surface area contributed by atoms with Gasteiger partial charge in [0, 0.05) is 21.7 Å². The Morgan fingerprint density at radius 3 is 1.89 bits per heavy atom. The van der Waals surface area contributed by atoms with Gasteiger partial charge in [0.05, 0.1) is 16.7 Å². The molecule has 178 valence electrons. The molecule has 0 aliphatic rings. The van der Waals surface area contributed by atoms with Crippen molar-refractivity contribution in [2.24, 2.45) is 0 Å². The lowest BCUT2D eigenvalue weighted by molar-refractivity contribution is 1.02. The average molecular weight is 504 g/mol. The Bertz CT molecular complexity index is 2080. The number of para-hydroxylation sites is 2. The van der Waals surface area contributed by atoms with Gasteiger partial charge in [-0.2, -0.15) is 0 Å². The van der Waals surface area contributed by atoms with Crippen LogP contribution >= 0.6 is 11.3 Å². The van der Waals surface area contributed by atoms with E-state index >= 15 is 0 Å². The van der Waals surface area contributed by atoms with E-state index < -0.39 is 0 Å². The maximum atomic E-state index is 5.20. The number of nitrogens with zero attached hydrogens (tertiary/aromatic N) is 3. The van der Waals surface area contributed by atoms with E-state index in [1.807, 2.05) is 0 Å². The van der Waals surface area contributed by atoms with Crippen LogP contribution in [0.15, 0.2) is 127 Å². The molecule has 0 spiro atoms. The summed E-state index contributed by atoms with van der Waals surface area (Å²) in [4.78, 5) is 11.2. The van der Waals surface area contributed by atoms with Crippen LogP contribution in [0.2, 0.25) is 0 Å². The fraction of sp³-hybridized carbons (Fsp3) is 0. The number of rotatable bonds is 3. The largest absolute Gasteiger partial charge is 0.278 e. The molecule has 0 amide bonds. The quantitative estimate of drug-likeness (QED) is 0.240. The van der Waals surface area contributed by atoms with Gasteiger partial charge in [0.2, 0.25) is 5.95 Å². The minimum atomic E-state index is 0.700. The monoisotopic (exact) mass is 503 g/mol. The van der Waals surface area contributed by atoms with Crippen LogP contribution in [0, 0.1) is 0 Å². The van der Waals surface area contributed by atoms with Crippen LogP contribution in [-0.2, 0) is 0 Å². The third-order valence-corrected chi connectivity index (χ3v) is 8.16. The zero-order valence-electron chi connectivity index (χ0n) is 20.4. The molecule has 0 N–H and O–H groups in total. The fourth-order valence-corrected chi connectivity index (χ4v) is 6.35. The van der Waals surface area contributed by atoms with Crippen LogP contribution < -0.4 is 0 Å². The lowest BCUT2D eigenvalue weighted by Gasteiger charge is -2.11. The molecule has 3 heterocycles. The Morgan fingerprint density at radius 2 is 1.13 bits per heavy atom. The summed E-state index contributed by atoms with van der Waals surface area (Å²) in [6.45, 7) is 0. The van der Waals surface area contributed by atoms with Crippen molar-refractivity contribution in [2.45, 2.75) is 0 Å². The van der Waals surface area contributed by atoms with Gasteiger partial charge < -0.3 is 0 Å². The lowest BCUT2D eigenvalue weighted by Crippen LogP contribution is -2.02. The Labute approximate surface area is 223 Å². The molecule has 0 bridgehead atoms. The van der Waals surface area contributed by atoms with Gasteiger partial charge in [0.15, 0.2) is 0 Å². The molecule has 0 radical (unpaired) electrons. The molecule has 0 aliphatic heterocycles. The summed E-state index contributed by atoms with van der Waals surface area (Å²) in [6.07, 6.45) is 0. The highest BCUT2D eigenvalue weighted by atomic mass is 32.1. The Morgan fingerprint density at radius 1 is 0.500 bits per heavy atom. The predicted molar refractivity (Wildman–Crippen MR) is 160 cm³/mol. The zero-order chi connectivity index (χ0) is 25.1. The summed E-state index contributed by atoms with van der Waals surface area (Å²) in [5.74, 6) is 0.700. The predicted octanol–water partition coefficient (Wildman–Crippen LogP) is 9.28. The van der Waals surface area contributed by atoms with Gasteiger partial charge in [-0.25, -0.2) is 9.97 Å². The van der Waals surface area contributed by atoms with Gasteiger partial charge in [-0.3, -0.25) is 4.57 Å². The highest BCUT2D eigenvalue weighted by Gasteiger charge is 2.17. The van der Waals surface area contributed by atoms with Crippen LogP contribution in [0.4, 0.5) is 0 Å². The number of aromatic nitrogens is 3. The first-order valence-corrected chi connectivity index (χ1v) is 13.6. The van der Waals surface area contributed by atoms with E-state index in [1.165, 1.54) is 32.7 Å². The van der Waals surface area contributed by atoms with Crippen molar-refractivity contribution in [3.05, 3.63) is 127 Å². The summed E-state index contributed by atoms with van der Waals surface area (Å²) >= 11 is 1.66. The van der Waals surface area contributed by atoms with Gasteiger partial charge in [-0.15, -0.1) is 11.3 Å². The number of hydrogen-bond acceptors (Lipinski definition) is 3. The first-order valence-electron chi connectivity index (χ1n) is 12.7. The highest BCUT2D eigenvalue weighted by molar-refractivity contribution is 7.16. The van der Waals surface area contributed by atoms with Crippen molar-refractivity contribution < 1.29 is 0 Å². The molecule has 0 unspecified atom stereocenters. The van der Waals surface area contributed by atoms with E-state index in [0.29, 0.717) is 5.95 Å². The topological polar surface area (TPSA) is 30.7 Å². The molecule has 0 saturated carbocycles. The van der Waals surface area contributed by atoms with Crippen LogP contribution in [0.25, 0.3) is 71.1 Å². The van der Waals surface area contributed by atoms with E-state index in [9.17, 15) is 0 Å². The summed E-state index contributed by atoms with van der Waals surface area (Å²) in [5, 5.41) is 8.11. The molecule has 8 aromatic rings. The van der Waals surface area contributed by atoms with E-state index in [1.54, 1.807) is 11.3 Å². The van der Waals surface area contributed by atoms with E-state index in [4.69, 9.17) is 9.97 Å². The first kappa shape index (κ1) is 21.3. The van der Waals surface area contributed by atoms with Gasteiger partial charge >= 0.3 is 0 Å². The summed E-state index contributed by atoms with van der Waals surface area (Å²) in [6, 6.07) is 42.9. The van der Waals surface area contributed by atoms with Gasteiger partial charge in [-0.05, 0) is 45.5 Å². The van der Waals surface area contributed by atoms with Crippen molar-refractivity contribution in [3.63, 3.8) is 0 Å². The standard InChI is InChI=1S/C34H21N3S/c1-2-10-25-22(8-1)9-7-13-26(25)23-16-18-24(19-17-23)32-29-20-21-38-33(29)36-34(35-32)37-30-14-5-3-11-27(30)28-12-4-6-15-31(28)37/h1-21H. The third kappa shape index (κ3) is 3.21. The second kappa shape index (κ2) is 8.37. The maximum absolute atomic E-state index is 5.20. The molecule has 0 saturated heterocycles. The van der Waals surface area contributed by atoms with Crippen molar-refractivity contribution in [1.29, 1.82) is 0 Å². The van der Waals surface area contributed by atoms with Crippen LogP contribution in [0.5, 0.6) is 0 Å². The summed E-state index contributed by atoms with van der Waals surface area (Å²) in [5.41, 5.74) is 6.70. The van der Waals surface area contributed by atoms with Gasteiger partial charge in [-0.1, -0.05) is 103 Å². The minimum Gasteiger partial charge on any atom is -0.278 e. The number of thiophene rings is 1. The Balaban J connectivity index is 1.32. The van der Waals surface area contributed by atoms with Gasteiger partial charge in [0.25, 0.3) is 0 Å². The van der Waals surface area contributed by atoms with Crippen molar-refractivity contribution in [3.8, 4) is 28.3 Å². The molecule has 0 aliphatic carbocycles. The summed E-state index contributed by atoms with van der Waals surface area (Å²) in [7, 11) is 0. The molecular weight excluding hydrogens is 482 g/mol. The van der Waals surface area contributed by atoms with Crippen LogP contribution in [0.1, 0.15) is 0 Å². The molecule has 38 heavy (non-hydrogen) atoms. The second-order valence-electron chi connectivity index (χ2n) is 9.49. The molecule has 8 rings (SSSR count). The maximum Gasteiger partial charge on any atom is 0.236 e. The molecule has 3 nitrogen and oxygen atoms in total. The average Bonchev–Trinajstić information content (AvgIpc) is 3.59. The number of hydrogen-bond donors (Lipinski definition) is 0. The van der Waals surface area contributed by atoms with Crippen molar-refractivity contribution in [2.75, 3.05) is 0 Å². The first-order chi connectivity index (χ1) is 18.8. The fourth-order valence-electron chi connectivity index (χ4n) is 5.59. The smallest absolute Gasteiger partial charge is 0.236 e. The molecular formula is C34H21N3S. The van der Waals surface area contributed by atoms with E-state index in [2.05, 4.69) is 131 Å². The summed E-state index contributed by atoms with van der Waals surface area (Å²) < 4.78 is 2.19. The van der Waals surface area contributed by atoms with E-state index in [-0.39, 0.29) is 0 Å². The van der Waals surface area contributed by atoms with Gasteiger partial charge in [0.1, 0.15) is 4.83 Å². The second-order valence-corrected chi connectivity index (χ2v) is 10.4. The molecule has 4 heteroatoms. The molecule has 5 aromatic carbocycles. The third-order valence-electron chi connectivity index (χ3n) is 7.35. The normalized spacial score (nSPS) is 11.7. The highest BCUT2D eigenvalue weighted by Crippen LogP contribution is 2.36. The molecule has 0 fully saturated rings. The van der Waals surface area contributed by atoms with Crippen LogP contribution in [-0.4, -0.2) is 14.5 Å².